The number of aromatic nitrogens is 1. The molecule has 1 aromatic rings. The molecule has 0 bridgehead atoms. The van der Waals surface area contributed by atoms with Crippen molar-refractivity contribution in [3.8, 4) is 0 Å². The maximum absolute atomic E-state index is 6.04. The number of ether oxygens (including phenoxy) is 1. The lowest BCUT2D eigenvalue weighted by atomic mass is 10.1. The normalized spacial score (nSPS) is 14.7. The van der Waals surface area contributed by atoms with E-state index >= 15 is 0 Å². The molecule has 0 aliphatic carbocycles. The molecule has 5 nitrogen and oxygen atoms in total. The fourth-order valence-electron chi connectivity index (χ4n) is 3.12. The minimum absolute atomic E-state index is 0.640. The average Bonchev–Trinajstić information content (AvgIpc) is 2.64. The first-order valence-electron chi connectivity index (χ1n) is 10.0. The molecule has 1 aliphatic heterocycles. The molecule has 1 aromatic heterocycles. The summed E-state index contributed by atoms with van der Waals surface area (Å²) >= 11 is 0. The highest BCUT2D eigenvalue weighted by Gasteiger charge is 2.11. The molecule has 5 heteroatoms. The van der Waals surface area contributed by atoms with Crippen molar-refractivity contribution < 1.29 is 4.74 Å². The second-order valence-electron chi connectivity index (χ2n) is 6.29. The number of nitrogen functional groups attached to an aromatic ring is 1. The van der Waals surface area contributed by atoms with Crippen LogP contribution in [0.3, 0.4) is 0 Å². The Labute approximate surface area is 154 Å². The average molecular weight is 351 g/mol. The highest BCUT2D eigenvalue weighted by Crippen LogP contribution is 2.20. The number of hydrogen-bond donors (Lipinski definition) is 1. The van der Waals surface area contributed by atoms with Crippen LogP contribution < -0.4 is 10.6 Å². The predicted octanol–water partition coefficient (Wildman–Crippen LogP) is 3.58. The Morgan fingerprint density at radius 3 is 2.36 bits per heavy atom. The van der Waals surface area contributed by atoms with E-state index in [9.17, 15) is 0 Å². The summed E-state index contributed by atoms with van der Waals surface area (Å²) in [4.78, 5) is 9.42. The molecule has 2 N–H and O–H groups in total. The van der Waals surface area contributed by atoms with Gasteiger partial charge in [-0.3, -0.25) is 4.90 Å². The van der Waals surface area contributed by atoms with Crippen molar-refractivity contribution in [1.29, 1.82) is 0 Å². The molecule has 0 radical (unpaired) electrons. The molecule has 2 heterocycles. The van der Waals surface area contributed by atoms with E-state index in [2.05, 4.69) is 34.7 Å². The lowest BCUT2D eigenvalue weighted by molar-refractivity contribution is 0.0374. The van der Waals surface area contributed by atoms with E-state index in [-0.39, 0.29) is 0 Å². The number of nitrogens with two attached hydrogens (primary N) is 1. The van der Waals surface area contributed by atoms with Crippen molar-refractivity contribution in [2.24, 2.45) is 0 Å². The van der Waals surface area contributed by atoms with Crippen LogP contribution >= 0.6 is 0 Å². The maximum Gasteiger partial charge on any atom is 0.125 e. The van der Waals surface area contributed by atoms with Gasteiger partial charge in [0.05, 0.1) is 13.2 Å². The van der Waals surface area contributed by atoms with Crippen LogP contribution in [0.1, 0.15) is 52.7 Å². The molecule has 0 saturated carbocycles. The van der Waals surface area contributed by atoms with Crippen LogP contribution in [-0.4, -0.2) is 55.8 Å². The van der Waals surface area contributed by atoms with E-state index in [0.717, 1.165) is 77.3 Å². The fraction of sp³-hybridized carbons (Fsp3) is 0.750. The summed E-state index contributed by atoms with van der Waals surface area (Å²) in [6.07, 6.45) is 4.40. The van der Waals surface area contributed by atoms with Gasteiger partial charge in [-0.25, -0.2) is 4.98 Å². The second kappa shape index (κ2) is 13.0. The topological polar surface area (TPSA) is 54.6 Å². The van der Waals surface area contributed by atoms with E-state index < -0.39 is 0 Å². The Bertz CT molecular complexity index is 455. The van der Waals surface area contributed by atoms with Gasteiger partial charge in [0.1, 0.15) is 5.82 Å². The SMILES string of the molecule is CC.CCCN(CCC)c1cc(N)nc(CCCN2CCOCC2)c1. The summed E-state index contributed by atoms with van der Waals surface area (Å²) < 4.78 is 5.39. The molecule has 0 amide bonds. The molecule has 0 unspecified atom stereocenters. The van der Waals surface area contributed by atoms with Crippen molar-refractivity contribution in [3.05, 3.63) is 17.8 Å². The van der Waals surface area contributed by atoms with Gasteiger partial charge in [-0.1, -0.05) is 27.7 Å². The third-order valence-corrected chi connectivity index (χ3v) is 4.25. The van der Waals surface area contributed by atoms with Crippen LogP contribution in [0.15, 0.2) is 12.1 Å². The standard InChI is InChI=1S/C18H32N4O.C2H6/c1-3-7-22(8-4-2)17-14-16(20-18(19)15-17)6-5-9-21-10-12-23-13-11-21;1-2/h14-15H,3-13H2,1-2H3,(H2,19,20);1-2H3. The molecule has 1 aliphatic rings. The molecule has 144 valence electrons. The smallest absolute Gasteiger partial charge is 0.125 e. The highest BCUT2D eigenvalue weighted by atomic mass is 16.5. The summed E-state index contributed by atoms with van der Waals surface area (Å²) in [5.41, 5.74) is 8.38. The van der Waals surface area contributed by atoms with Crippen LogP contribution in [0.25, 0.3) is 0 Å². The Kier molecular flexibility index (Phi) is 11.2. The Morgan fingerprint density at radius 1 is 1.12 bits per heavy atom. The highest BCUT2D eigenvalue weighted by molar-refractivity contribution is 5.54. The van der Waals surface area contributed by atoms with Crippen LogP contribution in [0, 0.1) is 0 Å². The maximum atomic E-state index is 6.04. The number of rotatable bonds is 9. The molecule has 1 fully saturated rings. The first-order valence-corrected chi connectivity index (χ1v) is 10.0. The van der Waals surface area contributed by atoms with Crippen LogP contribution in [-0.2, 0) is 11.2 Å². The largest absolute Gasteiger partial charge is 0.384 e. The van der Waals surface area contributed by atoms with E-state index in [1.165, 1.54) is 5.69 Å². The van der Waals surface area contributed by atoms with Crippen molar-refractivity contribution in [1.82, 2.24) is 9.88 Å². The van der Waals surface area contributed by atoms with Gasteiger partial charge in [-0.2, -0.15) is 0 Å². The van der Waals surface area contributed by atoms with Gasteiger partial charge in [-0.05, 0) is 38.3 Å². The van der Waals surface area contributed by atoms with Gasteiger partial charge in [0, 0.05) is 43.6 Å². The monoisotopic (exact) mass is 350 g/mol. The number of aryl methyl sites for hydroxylation is 1. The third kappa shape index (κ3) is 8.06. The minimum atomic E-state index is 0.640. The van der Waals surface area contributed by atoms with Crippen LogP contribution in [0.2, 0.25) is 0 Å². The predicted molar refractivity (Wildman–Crippen MR) is 108 cm³/mol. The zero-order valence-corrected chi connectivity index (χ0v) is 16.8. The summed E-state index contributed by atoms with van der Waals surface area (Å²) in [5.74, 6) is 0.640. The van der Waals surface area contributed by atoms with E-state index in [4.69, 9.17) is 10.5 Å². The van der Waals surface area contributed by atoms with E-state index in [1.54, 1.807) is 0 Å². The number of nitrogens with zero attached hydrogens (tertiary/aromatic N) is 3. The van der Waals surface area contributed by atoms with Gasteiger partial charge in [0.15, 0.2) is 0 Å². The molecule has 0 spiro atoms. The van der Waals surface area contributed by atoms with Gasteiger partial charge >= 0.3 is 0 Å². The van der Waals surface area contributed by atoms with Crippen LogP contribution in [0.5, 0.6) is 0 Å². The molecular formula is C20H38N4O. The van der Waals surface area contributed by atoms with E-state index in [1.807, 2.05) is 19.9 Å². The molecule has 25 heavy (non-hydrogen) atoms. The number of hydrogen-bond acceptors (Lipinski definition) is 5. The molecule has 1 saturated heterocycles. The van der Waals surface area contributed by atoms with Crippen molar-refractivity contribution in [2.75, 3.05) is 56.6 Å². The third-order valence-electron chi connectivity index (χ3n) is 4.25. The molecule has 0 aromatic carbocycles. The van der Waals surface area contributed by atoms with E-state index in [0.29, 0.717) is 5.82 Å². The second-order valence-corrected chi connectivity index (χ2v) is 6.29. The summed E-state index contributed by atoms with van der Waals surface area (Å²) in [6.45, 7) is 15.5. The van der Waals surface area contributed by atoms with Crippen molar-refractivity contribution >= 4 is 11.5 Å². The Morgan fingerprint density at radius 2 is 1.76 bits per heavy atom. The first-order chi connectivity index (χ1) is 12.2. The van der Waals surface area contributed by atoms with Gasteiger partial charge < -0.3 is 15.4 Å². The van der Waals surface area contributed by atoms with Crippen molar-refractivity contribution in [2.45, 2.75) is 53.4 Å². The van der Waals surface area contributed by atoms with Crippen molar-refractivity contribution in [3.63, 3.8) is 0 Å². The molecule has 0 atom stereocenters. The number of anilines is 2. The van der Waals surface area contributed by atoms with Gasteiger partial charge in [0.25, 0.3) is 0 Å². The Hall–Kier alpha value is -1.33. The quantitative estimate of drug-likeness (QED) is 0.738. The molecular weight excluding hydrogens is 312 g/mol. The zero-order valence-electron chi connectivity index (χ0n) is 16.8. The summed E-state index contributed by atoms with van der Waals surface area (Å²) in [7, 11) is 0. The lowest BCUT2D eigenvalue weighted by Gasteiger charge is -2.26. The van der Waals surface area contributed by atoms with Crippen LogP contribution in [0.4, 0.5) is 11.5 Å². The van der Waals surface area contributed by atoms with Gasteiger partial charge in [0.2, 0.25) is 0 Å². The first kappa shape index (κ1) is 21.7. The van der Waals surface area contributed by atoms with Gasteiger partial charge in [-0.15, -0.1) is 0 Å². The lowest BCUT2D eigenvalue weighted by Crippen LogP contribution is -2.37. The Balaban J connectivity index is 0.00000151. The zero-order chi connectivity index (χ0) is 18.5. The summed E-state index contributed by atoms with van der Waals surface area (Å²) in [6, 6.07) is 4.23. The minimum Gasteiger partial charge on any atom is -0.384 e. The molecule has 2 rings (SSSR count). The summed E-state index contributed by atoms with van der Waals surface area (Å²) in [5, 5.41) is 0. The number of morpholine rings is 1. The number of pyridine rings is 1. The fourth-order valence-corrected chi connectivity index (χ4v) is 3.12.